The van der Waals surface area contributed by atoms with E-state index in [1.165, 1.54) is 5.56 Å². The lowest BCUT2D eigenvalue weighted by molar-refractivity contribution is -0.699. The molecule has 0 saturated carbocycles. The van der Waals surface area contributed by atoms with E-state index in [-0.39, 0.29) is 5.75 Å². The molecular formula is C17H22NO3+. The fourth-order valence-corrected chi connectivity index (χ4v) is 2.12. The van der Waals surface area contributed by atoms with Crippen LogP contribution in [0, 0.1) is 13.8 Å². The van der Waals surface area contributed by atoms with Crippen molar-refractivity contribution in [3.63, 3.8) is 0 Å². The Labute approximate surface area is 125 Å². The highest BCUT2D eigenvalue weighted by molar-refractivity contribution is 5.38. The molecule has 0 saturated heterocycles. The van der Waals surface area contributed by atoms with E-state index in [1.54, 1.807) is 6.07 Å². The van der Waals surface area contributed by atoms with Crippen LogP contribution in [-0.4, -0.2) is 18.3 Å². The molecule has 112 valence electrons. The highest BCUT2D eigenvalue weighted by Crippen LogP contribution is 2.26. The first-order valence-corrected chi connectivity index (χ1v) is 7.16. The van der Waals surface area contributed by atoms with Gasteiger partial charge in [-0.2, -0.15) is 4.57 Å². The lowest BCUT2D eigenvalue weighted by atomic mass is 10.2. The molecule has 4 nitrogen and oxygen atoms in total. The highest BCUT2D eigenvalue weighted by Gasteiger charge is 2.16. The van der Waals surface area contributed by atoms with Crippen LogP contribution in [0.1, 0.15) is 18.2 Å². The predicted molar refractivity (Wildman–Crippen MR) is 80.9 cm³/mol. The third kappa shape index (κ3) is 3.88. The lowest BCUT2D eigenvalue weighted by Crippen LogP contribution is -2.35. The van der Waals surface area contributed by atoms with Crippen molar-refractivity contribution in [3.8, 4) is 17.2 Å². The number of nitrogens with zero attached hydrogens (tertiary/aromatic N) is 1. The summed E-state index contributed by atoms with van der Waals surface area (Å²) in [5, 5.41) is 9.88. The van der Waals surface area contributed by atoms with Gasteiger partial charge in [-0.15, -0.1) is 0 Å². The van der Waals surface area contributed by atoms with Crippen LogP contribution in [0.25, 0.3) is 0 Å². The van der Waals surface area contributed by atoms with Crippen LogP contribution in [-0.2, 0) is 6.54 Å². The molecule has 0 aliphatic heterocycles. The second-order valence-corrected chi connectivity index (χ2v) is 4.91. The molecule has 2 aromatic rings. The number of aromatic hydroxyl groups is 1. The van der Waals surface area contributed by atoms with E-state index in [9.17, 15) is 5.11 Å². The zero-order chi connectivity index (χ0) is 15.2. The van der Waals surface area contributed by atoms with Crippen molar-refractivity contribution in [1.82, 2.24) is 0 Å². The van der Waals surface area contributed by atoms with Gasteiger partial charge in [-0.1, -0.05) is 17.7 Å². The summed E-state index contributed by atoms with van der Waals surface area (Å²) < 4.78 is 13.3. The van der Waals surface area contributed by atoms with Crippen molar-refractivity contribution in [2.24, 2.45) is 0 Å². The number of hydrogen-bond donors (Lipinski definition) is 1. The maximum absolute atomic E-state index is 9.88. The number of rotatable bonds is 6. The second kappa shape index (κ2) is 6.97. The van der Waals surface area contributed by atoms with E-state index in [0.717, 1.165) is 18.0 Å². The van der Waals surface area contributed by atoms with Gasteiger partial charge < -0.3 is 14.6 Å². The monoisotopic (exact) mass is 288 g/mol. The topological polar surface area (TPSA) is 42.6 Å². The number of hydrogen-bond acceptors (Lipinski definition) is 3. The summed E-state index contributed by atoms with van der Waals surface area (Å²) in [5.41, 5.74) is 2.11. The van der Waals surface area contributed by atoms with Gasteiger partial charge >= 0.3 is 0 Å². The Bertz CT molecular complexity index is 594. The van der Waals surface area contributed by atoms with Crippen molar-refractivity contribution in [2.75, 3.05) is 13.2 Å². The van der Waals surface area contributed by atoms with E-state index < -0.39 is 0 Å². The first-order valence-electron chi connectivity index (χ1n) is 7.16. The van der Waals surface area contributed by atoms with Crippen molar-refractivity contribution in [1.29, 1.82) is 0 Å². The van der Waals surface area contributed by atoms with Crippen molar-refractivity contribution >= 4 is 0 Å². The van der Waals surface area contributed by atoms with E-state index in [4.69, 9.17) is 9.47 Å². The van der Waals surface area contributed by atoms with Crippen LogP contribution in [0.2, 0.25) is 0 Å². The normalized spacial score (nSPS) is 10.4. The minimum absolute atomic E-state index is 0.160. The summed E-state index contributed by atoms with van der Waals surface area (Å²) in [7, 11) is 0. The molecule has 0 fully saturated rings. The summed E-state index contributed by atoms with van der Waals surface area (Å²) in [6, 6.07) is 9.53. The second-order valence-electron chi connectivity index (χ2n) is 4.91. The quantitative estimate of drug-likeness (QED) is 0.656. The summed E-state index contributed by atoms with van der Waals surface area (Å²) in [5.74, 6) is 1.50. The minimum atomic E-state index is 0.160. The fourth-order valence-electron chi connectivity index (χ4n) is 2.12. The Morgan fingerprint density at radius 2 is 1.67 bits per heavy atom. The first-order chi connectivity index (χ1) is 10.1. The number of ether oxygens (including phenoxy) is 2. The smallest absolute Gasteiger partial charge is 0.228 e. The van der Waals surface area contributed by atoms with Gasteiger partial charge in [0.1, 0.15) is 25.5 Å². The van der Waals surface area contributed by atoms with Crippen molar-refractivity contribution in [3.05, 3.63) is 47.8 Å². The molecule has 0 spiro atoms. The van der Waals surface area contributed by atoms with Gasteiger partial charge in [-0.3, -0.25) is 0 Å². The van der Waals surface area contributed by atoms with Gasteiger partial charge in [0.2, 0.25) is 11.4 Å². The molecular weight excluding hydrogens is 266 g/mol. The first kappa shape index (κ1) is 15.2. The third-order valence-electron chi connectivity index (χ3n) is 3.36. The van der Waals surface area contributed by atoms with Crippen LogP contribution in [0.5, 0.6) is 17.2 Å². The van der Waals surface area contributed by atoms with E-state index >= 15 is 0 Å². The number of aromatic nitrogens is 1. The maximum atomic E-state index is 9.88. The zero-order valence-electron chi connectivity index (χ0n) is 12.8. The van der Waals surface area contributed by atoms with Gasteiger partial charge in [-0.25, -0.2) is 0 Å². The SMILES string of the molecule is CC[n+]1ccc(O)c(OCCOc2ccc(C)cc2)c1C. The number of aryl methyl sites for hydroxylation is 2. The summed E-state index contributed by atoms with van der Waals surface area (Å²) in [6.45, 7) is 7.67. The fraction of sp³-hybridized carbons (Fsp3) is 0.353. The zero-order valence-corrected chi connectivity index (χ0v) is 12.8. The van der Waals surface area contributed by atoms with Crippen LogP contribution in [0.3, 0.4) is 0 Å². The van der Waals surface area contributed by atoms with Gasteiger partial charge in [-0.05, 0) is 26.0 Å². The van der Waals surface area contributed by atoms with Gasteiger partial charge in [0.15, 0.2) is 11.9 Å². The Morgan fingerprint density at radius 3 is 2.33 bits per heavy atom. The third-order valence-corrected chi connectivity index (χ3v) is 3.36. The van der Waals surface area contributed by atoms with Gasteiger partial charge in [0.25, 0.3) is 0 Å². The van der Waals surface area contributed by atoms with Crippen LogP contribution in [0.15, 0.2) is 36.5 Å². The Morgan fingerprint density at radius 1 is 1.00 bits per heavy atom. The molecule has 0 aliphatic rings. The van der Waals surface area contributed by atoms with Gasteiger partial charge in [0.05, 0.1) is 0 Å². The van der Waals surface area contributed by atoms with E-state index in [1.807, 2.05) is 55.8 Å². The number of pyridine rings is 1. The van der Waals surface area contributed by atoms with Crippen LogP contribution < -0.4 is 14.0 Å². The van der Waals surface area contributed by atoms with Crippen molar-refractivity contribution in [2.45, 2.75) is 27.3 Å². The summed E-state index contributed by atoms with van der Waals surface area (Å²) in [6.07, 6.45) is 1.85. The lowest BCUT2D eigenvalue weighted by Gasteiger charge is -2.11. The minimum Gasteiger partial charge on any atom is -0.504 e. The molecule has 1 aromatic heterocycles. The van der Waals surface area contributed by atoms with Crippen LogP contribution in [0.4, 0.5) is 0 Å². The van der Waals surface area contributed by atoms with E-state index in [2.05, 4.69) is 0 Å². The number of benzene rings is 1. The van der Waals surface area contributed by atoms with E-state index in [0.29, 0.717) is 19.0 Å². The largest absolute Gasteiger partial charge is 0.504 e. The molecule has 2 rings (SSSR count). The van der Waals surface area contributed by atoms with Crippen molar-refractivity contribution < 1.29 is 19.1 Å². The average molecular weight is 288 g/mol. The summed E-state index contributed by atoms with van der Waals surface area (Å²) >= 11 is 0. The molecule has 0 radical (unpaired) electrons. The molecule has 0 atom stereocenters. The molecule has 21 heavy (non-hydrogen) atoms. The van der Waals surface area contributed by atoms with Gasteiger partial charge in [0, 0.05) is 13.0 Å². The molecule has 0 unspecified atom stereocenters. The maximum Gasteiger partial charge on any atom is 0.228 e. The molecule has 1 heterocycles. The molecule has 0 bridgehead atoms. The van der Waals surface area contributed by atoms with Crippen LogP contribution >= 0.6 is 0 Å². The Balaban J connectivity index is 1.90. The standard InChI is InChI=1S/C17H21NO3/c1-4-18-10-9-16(19)17(14(18)3)21-12-11-20-15-7-5-13(2)6-8-15/h5-10H,4,11-12H2,1-3H3/p+1. The molecule has 1 N–H and O–H groups in total. The average Bonchev–Trinajstić information content (AvgIpc) is 2.48. The predicted octanol–water partition coefficient (Wildman–Crippen LogP) is 2.77. The molecule has 0 amide bonds. The highest BCUT2D eigenvalue weighted by atomic mass is 16.5. The summed E-state index contributed by atoms with van der Waals surface area (Å²) in [4.78, 5) is 0. The Kier molecular flexibility index (Phi) is 5.04. The molecule has 1 aromatic carbocycles. The Hall–Kier alpha value is -2.23. The molecule has 4 heteroatoms. The molecule has 0 aliphatic carbocycles.